The van der Waals surface area contributed by atoms with Gasteiger partial charge in [0.25, 0.3) is 0 Å². The maximum absolute atomic E-state index is 4.61. The molecular formula is C16H24N4S. The molecule has 21 heavy (non-hydrogen) atoms. The minimum atomic E-state index is 0.451. The molecule has 2 aromatic rings. The van der Waals surface area contributed by atoms with Crippen molar-refractivity contribution in [2.24, 2.45) is 5.92 Å². The molecular weight excluding hydrogens is 280 g/mol. The average Bonchev–Trinajstić information content (AvgIpc) is 2.87. The van der Waals surface area contributed by atoms with Gasteiger partial charge in [-0.15, -0.1) is 11.3 Å². The Balaban J connectivity index is 1.91. The summed E-state index contributed by atoms with van der Waals surface area (Å²) in [7, 11) is 0. The molecule has 0 saturated carbocycles. The van der Waals surface area contributed by atoms with Crippen LogP contribution in [0.3, 0.4) is 0 Å². The minimum absolute atomic E-state index is 0.451. The first kappa shape index (κ1) is 14.7. The van der Waals surface area contributed by atoms with Crippen LogP contribution in [0.15, 0.2) is 11.7 Å². The molecule has 114 valence electrons. The van der Waals surface area contributed by atoms with Crippen molar-refractivity contribution >= 4 is 27.4 Å². The van der Waals surface area contributed by atoms with Crippen molar-refractivity contribution in [3.05, 3.63) is 17.3 Å². The van der Waals surface area contributed by atoms with Gasteiger partial charge in [-0.3, -0.25) is 0 Å². The van der Waals surface area contributed by atoms with Crippen LogP contribution >= 0.6 is 11.3 Å². The molecule has 1 N–H and O–H groups in total. The maximum Gasteiger partial charge on any atom is 0.150 e. The second kappa shape index (κ2) is 6.28. The van der Waals surface area contributed by atoms with Gasteiger partial charge < -0.3 is 10.2 Å². The van der Waals surface area contributed by atoms with Crippen LogP contribution in [0, 0.1) is 12.8 Å². The number of piperidine rings is 1. The van der Waals surface area contributed by atoms with E-state index in [4.69, 9.17) is 0 Å². The Labute approximate surface area is 130 Å². The summed E-state index contributed by atoms with van der Waals surface area (Å²) in [5.74, 6) is 1.82. The van der Waals surface area contributed by atoms with Crippen LogP contribution in [0.2, 0.25) is 0 Å². The van der Waals surface area contributed by atoms with Crippen molar-refractivity contribution in [3.63, 3.8) is 0 Å². The quantitative estimate of drug-likeness (QED) is 0.941. The molecule has 5 heteroatoms. The summed E-state index contributed by atoms with van der Waals surface area (Å²) >= 11 is 1.77. The van der Waals surface area contributed by atoms with Crippen molar-refractivity contribution in [1.82, 2.24) is 15.3 Å². The van der Waals surface area contributed by atoms with Crippen molar-refractivity contribution in [2.75, 3.05) is 24.5 Å². The first-order valence-corrected chi connectivity index (χ1v) is 8.71. The summed E-state index contributed by atoms with van der Waals surface area (Å²) in [4.78, 5) is 11.5. The highest BCUT2D eigenvalue weighted by molar-refractivity contribution is 7.18. The molecule has 1 unspecified atom stereocenters. The predicted molar refractivity (Wildman–Crippen MR) is 90.2 cm³/mol. The van der Waals surface area contributed by atoms with E-state index in [1.165, 1.54) is 29.6 Å². The molecule has 0 radical (unpaired) electrons. The predicted octanol–water partition coefficient (Wildman–Crippen LogP) is 3.21. The first-order chi connectivity index (χ1) is 10.2. The van der Waals surface area contributed by atoms with Crippen molar-refractivity contribution in [1.29, 1.82) is 0 Å². The van der Waals surface area contributed by atoms with E-state index in [0.717, 1.165) is 24.4 Å². The Kier molecular flexibility index (Phi) is 4.40. The molecule has 1 fully saturated rings. The monoisotopic (exact) mass is 304 g/mol. The van der Waals surface area contributed by atoms with E-state index in [1.54, 1.807) is 17.7 Å². The molecule has 1 saturated heterocycles. The number of thiophene rings is 1. The summed E-state index contributed by atoms with van der Waals surface area (Å²) in [6.45, 7) is 10.0. The standard InChI is InChI=1S/C16H24N4S/c1-11(2)20(8-13-5-4-6-17-7-13)16-15-14(18-10-19-16)12(3)9-21-15/h9-11,13,17H,4-8H2,1-3H3. The normalized spacial score (nSPS) is 19.3. The molecule has 2 aromatic heterocycles. The number of hydrogen-bond donors (Lipinski definition) is 1. The van der Waals surface area contributed by atoms with E-state index in [-0.39, 0.29) is 0 Å². The van der Waals surface area contributed by atoms with Crippen LogP contribution in [0.4, 0.5) is 5.82 Å². The smallest absolute Gasteiger partial charge is 0.150 e. The fraction of sp³-hybridized carbons (Fsp3) is 0.625. The van der Waals surface area contributed by atoms with Gasteiger partial charge in [-0.1, -0.05) is 0 Å². The Morgan fingerprint density at radius 3 is 3.00 bits per heavy atom. The number of fused-ring (bicyclic) bond motifs is 1. The zero-order valence-corrected chi connectivity index (χ0v) is 13.9. The number of nitrogens with one attached hydrogen (secondary N) is 1. The zero-order chi connectivity index (χ0) is 14.8. The molecule has 1 aliphatic rings. The molecule has 4 nitrogen and oxygen atoms in total. The minimum Gasteiger partial charge on any atom is -0.353 e. The maximum atomic E-state index is 4.61. The molecule has 0 bridgehead atoms. The van der Waals surface area contributed by atoms with Crippen molar-refractivity contribution < 1.29 is 0 Å². The van der Waals surface area contributed by atoms with Gasteiger partial charge in [0.2, 0.25) is 0 Å². The Bertz CT molecular complexity index is 601. The summed E-state index contributed by atoms with van der Waals surface area (Å²) in [5, 5.41) is 5.70. The largest absolute Gasteiger partial charge is 0.353 e. The molecule has 0 aromatic carbocycles. The second-order valence-corrected chi connectivity index (χ2v) is 7.13. The number of rotatable bonds is 4. The van der Waals surface area contributed by atoms with E-state index in [2.05, 4.69) is 46.3 Å². The zero-order valence-electron chi connectivity index (χ0n) is 13.1. The molecule has 1 atom stereocenters. The fourth-order valence-corrected chi connectivity index (χ4v) is 4.07. The van der Waals surface area contributed by atoms with Crippen LogP contribution in [-0.4, -0.2) is 35.6 Å². The number of aryl methyl sites for hydroxylation is 1. The lowest BCUT2D eigenvalue weighted by Crippen LogP contribution is -2.41. The Hall–Kier alpha value is -1.20. The van der Waals surface area contributed by atoms with Gasteiger partial charge in [-0.2, -0.15) is 0 Å². The molecule has 0 amide bonds. The number of aromatic nitrogens is 2. The van der Waals surface area contributed by atoms with Crippen LogP contribution in [-0.2, 0) is 0 Å². The van der Waals surface area contributed by atoms with E-state index < -0.39 is 0 Å². The SMILES string of the molecule is Cc1csc2c(N(CC3CCCNC3)C(C)C)ncnc12. The molecule has 0 spiro atoms. The van der Waals surface area contributed by atoms with Gasteiger partial charge in [0.05, 0.1) is 10.2 Å². The summed E-state index contributed by atoms with van der Waals surface area (Å²) < 4.78 is 1.23. The van der Waals surface area contributed by atoms with E-state index in [9.17, 15) is 0 Å². The lowest BCUT2D eigenvalue weighted by atomic mass is 9.98. The topological polar surface area (TPSA) is 41.0 Å². The van der Waals surface area contributed by atoms with Gasteiger partial charge in [-0.25, -0.2) is 9.97 Å². The van der Waals surface area contributed by atoms with Crippen LogP contribution in [0.1, 0.15) is 32.3 Å². The van der Waals surface area contributed by atoms with Gasteiger partial charge in [0.15, 0.2) is 0 Å². The van der Waals surface area contributed by atoms with Gasteiger partial charge in [0.1, 0.15) is 12.1 Å². The third kappa shape index (κ3) is 3.04. The van der Waals surface area contributed by atoms with Crippen molar-refractivity contribution in [3.8, 4) is 0 Å². The third-order valence-corrected chi connectivity index (χ3v) is 5.34. The third-order valence-electron chi connectivity index (χ3n) is 4.26. The highest BCUT2D eigenvalue weighted by Gasteiger charge is 2.22. The Morgan fingerprint density at radius 1 is 1.43 bits per heavy atom. The lowest BCUT2D eigenvalue weighted by molar-refractivity contribution is 0.370. The molecule has 3 rings (SSSR count). The van der Waals surface area contributed by atoms with E-state index in [0.29, 0.717) is 12.0 Å². The molecule has 3 heterocycles. The highest BCUT2D eigenvalue weighted by Crippen LogP contribution is 2.32. The number of nitrogens with zero attached hydrogens (tertiary/aromatic N) is 3. The van der Waals surface area contributed by atoms with Crippen LogP contribution in [0.25, 0.3) is 10.2 Å². The van der Waals surface area contributed by atoms with Crippen LogP contribution in [0.5, 0.6) is 0 Å². The lowest BCUT2D eigenvalue weighted by Gasteiger charge is -2.33. The summed E-state index contributed by atoms with van der Waals surface area (Å²) in [6.07, 6.45) is 4.31. The average molecular weight is 304 g/mol. The number of anilines is 1. The molecule has 0 aliphatic carbocycles. The number of hydrogen-bond acceptors (Lipinski definition) is 5. The summed E-state index contributed by atoms with van der Waals surface area (Å²) in [6, 6.07) is 0.451. The molecule has 1 aliphatic heterocycles. The summed E-state index contributed by atoms with van der Waals surface area (Å²) in [5.41, 5.74) is 2.36. The first-order valence-electron chi connectivity index (χ1n) is 7.83. The van der Waals surface area contributed by atoms with Gasteiger partial charge in [0, 0.05) is 12.6 Å². The van der Waals surface area contributed by atoms with Gasteiger partial charge >= 0.3 is 0 Å². The van der Waals surface area contributed by atoms with Gasteiger partial charge in [-0.05, 0) is 63.6 Å². The van der Waals surface area contributed by atoms with E-state index in [1.807, 2.05) is 0 Å². The Morgan fingerprint density at radius 2 is 2.29 bits per heavy atom. The van der Waals surface area contributed by atoms with Crippen LogP contribution < -0.4 is 10.2 Å². The highest BCUT2D eigenvalue weighted by atomic mass is 32.1. The second-order valence-electron chi connectivity index (χ2n) is 6.25. The fourth-order valence-electron chi connectivity index (χ4n) is 3.06. The van der Waals surface area contributed by atoms with Crippen molar-refractivity contribution in [2.45, 2.75) is 39.7 Å². The van der Waals surface area contributed by atoms with E-state index >= 15 is 0 Å².